The number of nitrogens with one attached hydrogen (secondary N) is 1. The Morgan fingerprint density at radius 2 is 2.12 bits per heavy atom. The maximum atomic E-state index is 11.3. The quantitative estimate of drug-likeness (QED) is 0.637. The normalized spacial score (nSPS) is 14.4. The predicted molar refractivity (Wildman–Crippen MR) is 92.2 cm³/mol. The summed E-state index contributed by atoms with van der Waals surface area (Å²) in [6, 6.07) is 9.18. The highest BCUT2D eigenvalue weighted by Crippen LogP contribution is 2.41. The first-order valence-electron chi connectivity index (χ1n) is 8.08. The molecule has 7 nitrogen and oxygen atoms in total. The zero-order chi connectivity index (χ0) is 17.9. The van der Waals surface area contributed by atoms with Crippen LogP contribution >= 0.6 is 0 Å². The lowest BCUT2D eigenvalue weighted by atomic mass is 10.0. The predicted octanol–water partition coefficient (Wildman–Crippen LogP) is 2.47. The first-order chi connectivity index (χ1) is 12.0. The number of esters is 1. The molecule has 0 amide bonds. The van der Waals surface area contributed by atoms with Crippen molar-refractivity contribution < 1.29 is 19.0 Å². The van der Waals surface area contributed by atoms with Gasteiger partial charge in [0.2, 0.25) is 0 Å². The number of carbonyl (C=O) groups excluding carboxylic acids is 1. The van der Waals surface area contributed by atoms with Gasteiger partial charge in [0.25, 0.3) is 0 Å². The van der Waals surface area contributed by atoms with E-state index in [4.69, 9.17) is 9.47 Å². The molecule has 0 fully saturated rings. The van der Waals surface area contributed by atoms with Crippen LogP contribution in [0.4, 0.5) is 5.82 Å². The number of ether oxygens (including phenoxy) is 3. The summed E-state index contributed by atoms with van der Waals surface area (Å²) >= 11 is 0. The fraction of sp³-hybridized carbons (Fsp3) is 0.389. The van der Waals surface area contributed by atoms with Gasteiger partial charge in [-0.3, -0.25) is 0 Å². The van der Waals surface area contributed by atoms with Crippen LogP contribution in [-0.4, -0.2) is 42.0 Å². The second-order valence-electron chi connectivity index (χ2n) is 6.35. The standard InChI is InChI=1S/C18H21N3O4/c1-18(2)11-12-5-4-6-14(16(12)25-18)24-10-9-19-15-8-7-13(20-21-15)17(22)23-3/h4-8H,9-11H2,1-3H3,(H,19,21). The average molecular weight is 343 g/mol. The average Bonchev–Trinajstić information content (AvgIpc) is 2.93. The van der Waals surface area contributed by atoms with E-state index in [2.05, 4.69) is 40.2 Å². The third-order valence-electron chi connectivity index (χ3n) is 3.78. The van der Waals surface area contributed by atoms with E-state index in [-0.39, 0.29) is 11.3 Å². The van der Waals surface area contributed by atoms with Crippen LogP contribution in [0, 0.1) is 0 Å². The summed E-state index contributed by atoms with van der Waals surface area (Å²) in [7, 11) is 1.30. The van der Waals surface area contributed by atoms with Crippen molar-refractivity contribution in [3.8, 4) is 11.5 Å². The van der Waals surface area contributed by atoms with Gasteiger partial charge in [0.05, 0.1) is 13.7 Å². The molecule has 2 aromatic rings. The summed E-state index contributed by atoms with van der Waals surface area (Å²) in [6.45, 7) is 5.12. The molecular weight excluding hydrogens is 322 g/mol. The Morgan fingerprint density at radius 1 is 1.28 bits per heavy atom. The van der Waals surface area contributed by atoms with Gasteiger partial charge in [-0.2, -0.15) is 0 Å². The number of nitrogens with zero attached hydrogens (tertiary/aromatic N) is 2. The molecule has 0 atom stereocenters. The van der Waals surface area contributed by atoms with Crippen LogP contribution < -0.4 is 14.8 Å². The lowest BCUT2D eigenvalue weighted by Crippen LogP contribution is -2.24. The van der Waals surface area contributed by atoms with Gasteiger partial charge in [0, 0.05) is 12.0 Å². The first kappa shape index (κ1) is 17.0. The molecule has 0 saturated carbocycles. The lowest BCUT2D eigenvalue weighted by Gasteiger charge is -2.18. The Hall–Kier alpha value is -2.83. The van der Waals surface area contributed by atoms with Gasteiger partial charge in [-0.15, -0.1) is 10.2 Å². The van der Waals surface area contributed by atoms with Gasteiger partial charge in [-0.25, -0.2) is 4.79 Å². The van der Waals surface area contributed by atoms with Crippen LogP contribution in [-0.2, 0) is 11.2 Å². The monoisotopic (exact) mass is 343 g/mol. The minimum atomic E-state index is -0.511. The number of hydrogen-bond donors (Lipinski definition) is 1. The highest BCUT2D eigenvalue weighted by Gasteiger charge is 2.32. The van der Waals surface area contributed by atoms with Crippen LogP contribution in [0.25, 0.3) is 0 Å². The van der Waals surface area contributed by atoms with Gasteiger partial charge in [0.1, 0.15) is 18.0 Å². The molecule has 1 aliphatic heterocycles. The van der Waals surface area contributed by atoms with E-state index in [0.29, 0.717) is 19.0 Å². The van der Waals surface area contributed by atoms with E-state index in [9.17, 15) is 4.79 Å². The molecular formula is C18H21N3O4. The van der Waals surface area contributed by atoms with Crippen molar-refractivity contribution in [1.29, 1.82) is 0 Å². The maximum absolute atomic E-state index is 11.3. The number of carbonyl (C=O) groups is 1. The third-order valence-corrected chi connectivity index (χ3v) is 3.78. The molecule has 7 heteroatoms. The smallest absolute Gasteiger partial charge is 0.358 e. The van der Waals surface area contributed by atoms with E-state index in [1.807, 2.05) is 12.1 Å². The zero-order valence-electron chi connectivity index (χ0n) is 14.5. The molecule has 0 saturated heterocycles. The summed E-state index contributed by atoms with van der Waals surface area (Å²) in [6.07, 6.45) is 0.875. The van der Waals surface area contributed by atoms with E-state index < -0.39 is 5.97 Å². The minimum absolute atomic E-state index is 0.170. The van der Waals surface area contributed by atoms with Crippen LogP contribution in [0.5, 0.6) is 11.5 Å². The highest BCUT2D eigenvalue weighted by atomic mass is 16.5. The Bertz CT molecular complexity index is 759. The van der Waals surface area contributed by atoms with Crippen molar-refractivity contribution in [3.63, 3.8) is 0 Å². The molecule has 1 aliphatic rings. The number of anilines is 1. The molecule has 0 aliphatic carbocycles. The summed E-state index contributed by atoms with van der Waals surface area (Å²) in [4.78, 5) is 11.3. The molecule has 1 N–H and O–H groups in total. The molecule has 132 valence electrons. The van der Waals surface area contributed by atoms with Crippen molar-refractivity contribution in [2.24, 2.45) is 0 Å². The van der Waals surface area contributed by atoms with Crippen LogP contribution in [0.2, 0.25) is 0 Å². The Kier molecular flexibility index (Phi) is 4.74. The van der Waals surface area contributed by atoms with E-state index in [1.165, 1.54) is 12.7 Å². The van der Waals surface area contributed by atoms with Gasteiger partial charge in [0.15, 0.2) is 17.2 Å². The molecule has 3 rings (SSSR count). The van der Waals surface area contributed by atoms with Crippen LogP contribution in [0.1, 0.15) is 29.9 Å². The second kappa shape index (κ2) is 6.96. The number of para-hydroxylation sites is 1. The fourth-order valence-corrected chi connectivity index (χ4v) is 2.68. The summed E-state index contributed by atoms with van der Waals surface area (Å²) in [5.41, 5.74) is 1.14. The molecule has 2 heterocycles. The molecule has 0 bridgehead atoms. The van der Waals surface area contributed by atoms with E-state index in [1.54, 1.807) is 12.1 Å². The molecule has 0 spiro atoms. The molecule has 0 unspecified atom stereocenters. The van der Waals surface area contributed by atoms with Crippen molar-refractivity contribution in [3.05, 3.63) is 41.6 Å². The second-order valence-corrected chi connectivity index (χ2v) is 6.35. The van der Waals surface area contributed by atoms with Gasteiger partial charge in [-0.1, -0.05) is 12.1 Å². The fourth-order valence-electron chi connectivity index (χ4n) is 2.68. The van der Waals surface area contributed by atoms with Gasteiger partial charge >= 0.3 is 5.97 Å². The molecule has 0 radical (unpaired) electrons. The summed E-state index contributed by atoms with van der Waals surface area (Å²) in [5.74, 6) is 1.63. The molecule has 1 aromatic heterocycles. The summed E-state index contributed by atoms with van der Waals surface area (Å²) < 4.78 is 16.4. The number of benzene rings is 1. The Labute approximate surface area is 146 Å². The Balaban J connectivity index is 1.52. The molecule has 1 aromatic carbocycles. The number of methoxy groups -OCH3 is 1. The summed E-state index contributed by atoms with van der Waals surface area (Å²) in [5, 5.41) is 10.8. The van der Waals surface area contributed by atoms with Crippen molar-refractivity contribution >= 4 is 11.8 Å². The van der Waals surface area contributed by atoms with Crippen LogP contribution in [0.15, 0.2) is 30.3 Å². The number of aromatic nitrogens is 2. The third kappa shape index (κ3) is 3.99. The SMILES string of the molecule is COC(=O)c1ccc(NCCOc2cccc3c2OC(C)(C)C3)nn1. The van der Waals surface area contributed by atoms with Crippen molar-refractivity contribution in [2.45, 2.75) is 25.9 Å². The van der Waals surface area contributed by atoms with E-state index >= 15 is 0 Å². The zero-order valence-corrected chi connectivity index (χ0v) is 14.5. The van der Waals surface area contributed by atoms with Crippen molar-refractivity contribution in [2.75, 3.05) is 25.6 Å². The number of hydrogen-bond acceptors (Lipinski definition) is 7. The maximum Gasteiger partial charge on any atom is 0.358 e. The molecule has 25 heavy (non-hydrogen) atoms. The Morgan fingerprint density at radius 3 is 2.84 bits per heavy atom. The topological polar surface area (TPSA) is 82.6 Å². The lowest BCUT2D eigenvalue weighted by molar-refractivity contribution is 0.0592. The minimum Gasteiger partial charge on any atom is -0.488 e. The number of rotatable bonds is 6. The van der Waals surface area contributed by atoms with Crippen molar-refractivity contribution in [1.82, 2.24) is 10.2 Å². The van der Waals surface area contributed by atoms with E-state index in [0.717, 1.165) is 17.9 Å². The largest absolute Gasteiger partial charge is 0.488 e. The van der Waals surface area contributed by atoms with Gasteiger partial charge < -0.3 is 19.5 Å². The first-order valence-corrected chi connectivity index (χ1v) is 8.08. The highest BCUT2D eigenvalue weighted by molar-refractivity contribution is 5.86. The number of fused-ring (bicyclic) bond motifs is 1. The van der Waals surface area contributed by atoms with Gasteiger partial charge in [-0.05, 0) is 32.0 Å². The van der Waals surface area contributed by atoms with Crippen LogP contribution in [0.3, 0.4) is 0 Å².